The number of hydrogen-bond donors (Lipinski definition) is 2. The maximum absolute atomic E-state index is 13.7. The number of carbonyl (C=O) groups excluding carboxylic acids is 1. The monoisotopic (exact) mass is 426 g/mol. The van der Waals surface area contributed by atoms with Crippen LogP contribution in [0, 0.1) is 0 Å². The zero-order chi connectivity index (χ0) is 22.5. The van der Waals surface area contributed by atoms with Crippen molar-refractivity contribution in [2.75, 3.05) is 13.7 Å². The van der Waals surface area contributed by atoms with E-state index in [1.54, 1.807) is 7.11 Å². The average Bonchev–Trinajstić information content (AvgIpc) is 3.26. The topological polar surface area (TPSA) is 54.1 Å². The molecule has 0 aliphatic carbocycles. The molecule has 0 aliphatic heterocycles. The lowest BCUT2D eigenvalue weighted by Gasteiger charge is -2.18. The normalized spacial score (nSPS) is 12.2. The van der Waals surface area contributed by atoms with E-state index in [2.05, 4.69) is 42.3 Å². The van der Waals surface area contributed by atoms with Crippen LogP contribution in [0.15, 0.2) is 79.0 Å². The SMILES string of the molecule is COc1ccc(CCN[C@@H](C(=O)c2c[nH]c3c(C(C)C)cccc23)c2ccccc2)cc1. The van der Waals surface area contributed by atoms with E-state index < -0.39 is 6.04 Å². The Morgan fingerprint density at radius 2 is 1.72 bits per heavy atom. The maximum atomic E-state index is 13.7. The zero-order valence-electron chi connectivity index (χ0n) is 18.9. The van der Waals surface area contributed by atoms with Gasteiger partial charge in [-0.25, -0.2) is 0 Å². The smallest absolute Gasteiger partial charge is 0.186 e. The van der Waals surface area contributed by atoms with E-state index in [1.807, 2.05) is 60.8 Å². The Bertz CT molecular complexity index is 1180. The van der Waals surface area contributed by atoms with Crippen molar-refractivity contribution in [2.45, 2.75) is 32.2 Å². The highest BCUT2D eigenvalue weighted by atomic mass is 16.5. The zero-order valence-corrected chi connectivity index (χ0v) is 18.9. The number of nitrogens with one attached hydrogen (secondary N) is 2. The number of carbonyl (C=O) groups is 1. The summed E-state index contributed by atoms with van der Waals surface area (Å²) in [7, 11) is 1.67. The fourth-order valence-electron chi connectivity index (χ4n) is 4.18. The van der Waals surface area contributed by atoms with Crippen LogP contribution in [0.25, 0.3) is 10.9 Å². The third-order valence-electron chi connectivity index (χ3n) is 5.95. The van der Waals surface area contributed by atoms with Crippen LogP contribution in [0.1, 0.15) is 52.9 Å². The first-order chi connectivity index (χ1) is 15.6. The number of rotatable bonds is 9. The average molecular weight is 427 g/mol. The molecule has 0 amide bonds. The van der Waals surface area contributed by atoms with Crippen LogP contribution >= 0.6 is 0 Å². The van der Waals surface area contributed by atoms with Crippen LogP contribution in [0.3, 0.4) is 0 Å². The van der Waals surface area contributed by atoms with Crippen molar-refractivity contribution in [3.63, 3.8) is 0 Å². The standard InChI is InChI=1S/C28H30N2O2/c1-19(2)23-10-7-11-24-25(18-30-27(23)24)28(31)26(21-8-5-4-6-9-21)29-17-16-20-12-14-22(32-3)15-13-20/h4-15,18-19,26,29-30H,16-17H2,1-3H3/t26-/m1/s1. The fourth-order valence-corrected chi connectivity index (χ4v) is 4.18. The van der Waals surface area contributed by atoms with Gasteiger partial charge in [0.2, 0.25) is 0 Å². The molecule has 0 spiro atoms. The summed E-state index contributed by atoms with van der Waals surface area (Å²) >= 11 is 0. The van der Waals surface area contributed by atoms with Crippen molar-refractivity contribution in [1.29, 1.82) is 0 Å². The maximum Gasteiger partial charge on any atom is 0.186 e. The number of fused-ring (bicyclic) bond motifs is 1. The first kappa shape index (κ1) is 21.8. The van der Waals surface area contributed by atoms with Gasteiger partial charge in [-0.05, 0) is 41.2 Å². The second-order valence-corrected chi connectivity index (χ2v) is 8.39. The lowest BCUT2D eigenvalue weighted by molar-refractivity contribution is 0.0945. The molecule has 32 heavy (non-hydrogen) atoms. The van der Waals surface area contributed by atoms with Crippen LogP contribution in [-0.2, 0) is 6.42 Å². The minimum atomic E-state index is -0.406. The van der Waals surface area contributed by atoms with Gasteiger partial charge >= 0.3 is 0 Å². The van der Waals surface area contributed by atoms with Crippen molar-refractivity contribution in [3.8, 4) is 5.75 Å². The van der Waals surface area contributed by atoms with Crippen LogP contribution in [-0.4, -0.2) is 24.4 Å². The summed E-state index contributed by atoms with van der Waals surface area (Å²) in [6, 6.07) is 23.8. The Morgan fingerprint density at radius 1 is 0.969 bits per heavy atom. The minimum absolute atomic E-state index is 0.0816. The first-order valence-electron chi connectivity index (χ1n) is 11.1. The molecule has 164 valence electrons. The third kappa shape index (κ3) is 4.61. The molecular formula is C28H30N2O2. The van der Waals surface area contributed by atoms with Crippen molar-refractivity contribution in [3.05, 3.63) is 101 Å². The Kier molecular flexibility index (Phi) is 6.72. The summed E-state index contributed by atoms with van der Waals surface area (Å²) in [5, 5.41) is 4.49. The molecule has 4 nitrogen and oxygen atoms in total. The van der Waals surface area contributed by atoms with E-state index >= 15 is 0 Å². The van der Waals surface area contributed by atoms with Gasteiger partial charge in [0.25, 0.3) is 0 Å². The Hall–Kier alpha value is -3.37. The van der Waals surface area contributed by atoms with E-state index in [-0.39, 0.29) is 5.78 Å². The summed E-state index contributed by atoms with van der Waals surface area (Å²) in [4.78, 5) is 17.1. The number of ketones is 1. The Labute approximate surface area is 189 Å². The molecule has 4 aromatic rings. The molecule has 0 bridgehead atoms. The predicted molar refractivity (Wildman–Crippen MR) is 131 cm³/mol. The molecular weight excluding hydrogens is 396 g/mol. The lowest BCUT2D eigenvalue weighted by Crippen LogP contribution is -2.30. The number of para-hydroxylation sites is 1. The highest BCUT2D eigenvalue weighted by Crippen LogP contribution is 2.29. The number of methoxy groups -OCH3 is 1. The Morgan fingerprint density at radius 3 is 2.41 bits per heavy atom. The Balaban J connectivity index is 1.58. The molecule has 4 rings (SSSR count). The molecule has 0 saturated carbocycles. The fraction of sp³-hybridized carbons (Fsp3) is 0.250. The molecule has 3 aromatic carbocycles. The first-order valence-corrected chi connectivity index (χ1v) is 11.1. The molecule has 0 saturated heterocycles. The highest BCUT2D eigenvalue weighted by molar-refractivity contribution is 6.11. The van der Waals surface area contributed by atoms with E-state index in [4.69, 9.17) is 4.74 Å². The van der Waals surface area contributed by atoms with Gasteiger partial charge in [0.1, 0.15) is 5.75 Å². The highest BCUT2D eigenvalue weighted by Gasteiger charge is 2.24. The van der Waals surface area contributed by atoms with Gasteiger partial charge in [-0.2, -0.15) is 0 Å². The van der Waals surface area contributed by atoms with Crippen molar-refractivity contribution in [2.24, 2.45) is 0 Å². The van der Waals surface area contributed by atoms with Crippen LogP contribution in [0.5, 0.6) is 5.75 Å². The van der Waals surface area contributed by atoms with E-state index in [0.717, 1.165) is 34.2 Å². The van der Waals surface area contributed by atoms with Crippen molar-refractivity contribution >= 4 is 16.7 Å². The molecule has 1 atom stereocenters. The number of hydrogen-bond acceptors (Lipinski definition) is 3. The third-order valence-corrected chi connectivity index (χ3v) is 5.95. The van der Waals surface area contributed by atoms with Gasteiger partial charge in [-0.15, -0.1) is 0 Å². The molecule has 0 aliphatic rings. The summed E-state index contributed by atoms with van der Waals surface area (Å²) in [5.41, 5.74) is 5.18. The molecule has 0 radical (unpaired) electrons. The quantitative estimate of drug-likeness (QED) is 0.320. The second kappa shape index (κ2) is 9.84. The number of ether oxygens (including phenoxy) is 1. The summed E-state index contributed by atoms with van der Waals surface area (Å²) in [6.45, 7) is 5.03. The summed E-state index contributed by atoms with van der Waals surface area (Å²) < 4.78 is 5.24. The largest absolute Gasteiger partial charge is 0.497 e. The number of benzene rings is 3. The van der Waals surface area contributed by atoms with Gasteiger partial charge in [-0.1, -0.05) is 74.5 Å². The second-order valence-electron chi connectivity index (χ2n) is 8.39. The van der Waals surface area contributed by atoms with Gasteiger partial charge in [-0.3, -0.25) is 4.79 Å². The molecule has 1 aromatic heterocycles. The molecule has 2 N–H and O–H groups in total. The molecule has 4 heteroatoms. The number of aromatic amines is 1. The van der Waals surface area contributed by atoms with Crippen LogP contribution in [0.4, 0.5) is 0 Å². The number of aromatic nitrogens is 1. The minimum Gasteiger partial charge on any atom is -0.497 e. The van der Waals surface area contributed by atoms with Crippen molar-refractivity contribution in [1.82, 2.24) is 10.3 Å². The summed E-state index contributed by atoms with van der Waals surface area (Å²) in [5.74, 6) is 1.31. The van der Waals surface area contributed by atoms with E-state index in [1.165, 1.54) is 11.1 Å². The van der Waals surface area contributed by atoms with Gasteiger partial charge in [0, 0.05) is 29.2 Å². The summed E-state index contributed by atoms with van der Waals surface area (Å²) in [6.07, 6.45) is 2.69. The van der Waals surface area contributed by atoms with Gasteiger partial charge in [0.05, 0.1) is 13.2 Å². The van der Waals surface area contributed by atoms with Crippen LogP contribution in [0.2, 0.25) is 0 Å². The number of H-pyrrole nitrogens is 1. The van der Waals surface area contributed by atoms with Gasteiger partial charge in [0.15, 0.2) is 5.78 Å². The molecule has 0 unspecified atom stereocenters. The lowest BCUT2D eigenvalue weighted by atomic mass is 9.94. The van der Waals surface area contributed by atoms with E-state index in [9.17, 15) is 4.79 Å². The molecule has 1 heterocycles. The number of Topliss-reactive ketones (excluding diaryl/α,β-unsaturated/α-hetero) is 1. The molecule has 0 fully saturated rings. The van der Waals surface area contributed by atoms with Crippen molar-refractivity contribution < 1.29 is 9.53 Å². The predicted octanol–water partition coefficient (Wildman–Crippen LogP) is 6.06. The van der Waals surface area contributed by atoms with E-state index in [0.29, 0.717) is 12.5 Å². The van der Waals surface area contributed by atoms with Gasteiger partial charge < -0.3 is 15.0 Å². The van der Waals surface area contributed by atoms with Crippen LogP contribution < -0.4 is 10.1 Å².